The molecule has 0 amide bonds. The number of hydrogen-bond donors (Lipinski definition) is 3. The molecule has 1 unspecified atom stereocenters. The maximum Gasteiger partial charge on any atom is 0.203 e. The maximum absolute atomic E-state index is 11.2. The standard InChI is InChI=1S/C31H31N3O6S/c1-36-25-12-8-11-22(29(25)39-4)24-17-23(21-14-13-18-9-6-7-10-20(18)28(21)35)33-34(24)31(41)32-19-15-26(37-2)30(40-5)27(16-19)38-3/h6-17,24,33,35H,1-5H3,(H,32,41). The third-order valence-electron chi connectivity index (χ3n) is 6.92. The summed E-state index contributed by atoms with van der Waals surface area (Å²) in [7, 11) is 7.85. The van der Waals surface area contributed by atoms with Crippen LogP contribution in [0.5, 0.6) is 34.5 Å². The van der Waals surface area contributed by atoms with Gasteiger partial charge in [0.2, 0.25) is 5.75 Å². The molecule has 0 radical (unpaired) electrons. The number of methoxy groups -OCH3 is 5. The van der Waals surface area contributed by atoms with Gasteiger partial charge in [0.05, 0.1) is 41.2 Å². The Morgan fingerprint density at radius 2 is 1.49 bits per heavy atom. The summed E-state index contributed by atoms with van der Waals surface area (Å²) >= 11 is 5.92. The topological polar surface area (TPSA) is 93.7 Å². The van der Waals surface area contributed by atoms with Gasteiger partial charge in [-0.1, -0.05) is 42.5 Å². The van der Waals surface area contributed by atoms with E-state index in [1.165, 1.54) is 0 Å². The molecule has 0 saturated heterocycles. The molecule has 1 heterocycles. The van der Waals surface area contributed by atoms with Crippen LogP contribution in [0, 0.1) is 0 Å². The van der Waals surface area contributed by atoms with E-state index in [0.717, 1.165) is 16.3 Å². The number of phenols is 1. The van der Waals surface area contributed by atoms with Gasteiger partial charge in [-0.2, -0.15) is 0 Å². The van der Waals surface area contributed by atoms with Crippen molar-refractivity contribution in [1.29, 1.82) is 0 Å². The van der Waals surface area contributed by atoms with Crippen molar-refractivity contribution in [1.82, 2.24) is 10.4 Å². The summed E-state index contributed by atoms with van der Waals surface area (Å²) in [6.07, 6.45) is 1.99. The zero-order valence-electron chi connectivity index (χ0n) is 23.3. The van der Waals surface area contributed by atoms with Crippen molar-refractivity contribution in [3.05, 3.63) is 83.9 Å². The molecular formula is C31H31N3O6S. The first kappa shape index (κ1) is 27.7. The molecule has 0 saturated carbocycles. The highest BCUT2D eigenvalue weighted by atomic mass is 32.1. The van der Waals surface area contributed by atoms with E-state index in [9.17, 15) is 5.11 Å². The summed E-state index contributed by atoms with van der Waals surface area (Å²) in [5.74, 6) is 2.77. The normalized spacial score (nSPS) is 14.2. The average molecular weight is 574 g/mol. The van der Waals surface area contributed by atoms with Crippen molar-refractivity contribution < 1.29 is 28.8 Å². The van der Waals surface area contributed by atoms with E-state index in [1.54, 1.807) is 52.7 Å². The van der Waals surface area contributed by atoms with Crippen LogP contribution in [-0.4, -0.2) is 50.8 Å². The highest BCUT2D eigenvalue weighted by Crippen LogP contribution is 2.44. The summed E-state index contributed by atoms with van der Waals surface area (Å²) in [4.78, 5) is 0. The van der Waals surface area contributed by atoms with Crippen LogP contribution >= 0.6 is 12.2 Å². The number of anilines is 1. The molecular weight excluding hydrogens is 542 g/mol. The Bertz CT molecular complexity index is 1610. The van der Waals surface area contributed by atoms with Gasteiger partial charge in [0.15, 0.2) is 28.1 Å². The summed E-state index contributed by atoms with van der Waals surface area (Å²) < 4.78 is 27.8. The molecule has 4 aromatic carbocycles. The molecule has 0 fully saturated rings. The largest absolute Gasteiger partial charge is 0.507 e. The molecule has 0 aromatic heterocycles. The molecule has 0 aliphatic carbocycles. The lowest BCUT2D eigenvalue weighted by molar-refractivity contribution is 0.319. The van der Waals surface area contributed by atoms with E-state index < -0.39 is 6.04 Å². The Kier molecular flexibility index (Phi) is 7.93. The Labute approximate surface area is 243 Å². The van der Waals surface area contributed by atoms with Gasteiger partial charge in [-0.3, -0.25) is 10.4 Å². The first-order valence-corrected chi connectivity index (χ1v) is 13.2. The van der Waals surface area contributed by atoms with E-state index >= 15 is 0 Å². The summed E-state index contributed by atoms with van der Waals surface area (Å²) in [6.45, 7) is 0. The van der Waals surface area contributed by atoms with Crippen LogP contribution in [0.3, 0.4) is 0 Å². The van der Waals surface area contributed by atoms with E-state index in [2.05, 4.69) is 10.7 Å². The highest BCUT2D eigenvalue weighted by Gasteiger charge is 2.33. The van der Waals surface area contributed by atoms with Gasteiger partial charge in [0.25, 0.3) is 0 Å². The number of rotatable bonds is 8. The van der Waals surface area contributed by atoms with Crippen molar-refractivity contribution in [2.75, 3.05) is 40.9 Å². The second-order valence-corrected chi connectivity index (χ2v) is 9.50. The van der Waals surface area contributed by atoms with Crippen molar-refractivity contribution in [2.24, 2.45) is 0 Å². The molecule has 1 atom stereocenters. The van der Waals surface area contributed by atoms with Crippen LogP contribution in [0.25, 0.3) is 16.5 Å². The number of para-hydroxylation sites is 1. The summed E-state index contributed by atoms with van der Waals surface area (Å²) in [5, 5.41) is 18.3. The lowest BCUT2D eigenvalue weighted by atomic mass is 10.0. The molecule has 10 heteroatoms. The number of fused-ring (bicyclic) bond motifs is 1. The molecule has 4 aromatic rings. The van der Waals surface area contributed by atoms with Crippen LogP contribution in [0.4, 0.5) is 5.69 Å². The van der Waals surface area contributed by atoms with Gasteiger partial charge < -0.3 is 34.1 Å². The number of thiocarbonyl (C=S) groups is 1. The molecule has 0 bridgehead atoms. The molecule has 3 N–H and O–H groups in total. The van der Waals surface area contributed by atoms with Crippen LogP contribution < -0.4 is 34.4 Å². The number of hydrogen-bond acceptors (Lipinski definition) is 8. The fourth-order valence-electron chi connectivity index (χ4n) is 4.98. The number of phenolic OH excluding ortho intramolecular Hbond substituents is 1. The van der Waals surface area contributed by atoms with Crippen molar-refractivity contribution in [2.45, 2.75) is 6.04 Å². The number of nitrogens with one attached hydrogen (secondary N) is 2. The fourth-order valence-corrected chi connectivity index (χ4v) is 5.26. The van der Waals surface area contributed by atoms with E-state index in [1.807, 2.05) is 60.7 Å². The minimum absolute atomic E-state index is 0.170. The van der Waals surface area contributed by atoms with Gasteiger partial charge in [-0.25, -0.2) is 0 Å². The first-order valence-electron chi connectivity index (χ1n) is 12.7. The lowest BCUT2D eigenvalue weighted by Crippen LogP contribution is -2.42. The van der Waals surface area contributed by atoms with Gasteiger partial charge in [-0.05, 0) is 35.8 Å². The Morgan fingerprint density at radius 3 is 2.15 bits per heavy atom. The predicted molar refractivity (Wildman–Crippen MR) is 163 cm³/mol. The van der Waals surface area contributed by atoms with Gasteiger partial charge in [0, 0.05) is 34.3 Å². The Balaban J connectivity index is 1.57. The van der Waals surface area contributed by atoms with Gasteiger partial charge in [-0.15, -0.1) is 0 Å². The first-order chi connectivity index (χ1) is 19.9. The Morgan fingerprint density at radius 1 is 0.805 bits per heavy atom. The molecule has 9 nitrogen and oxygen atoms in total. The third-order valence-corrected chi connectivity index (χ3v) is 7.22. The monoisotopic (exact) mass is 573 g/mol. The van der Waals surface area contributed by atoms with Crippen LogP contribution in [-0.2, 0) is 0 Å². The number of nitrogens with zero attached hydrogens (tertiary/aromatic N) is 1. The molecule has 5 rings (SSSR count). The van der Waals surface area contributed by atoms with Crippen molar-refractivity contribution in [3.63, 3.8) is 0 Å². The SMILES string of the molecule is COc1cc(NC(=S)N2NC(c3ccc4ccccc4c3O)=CC2c2cccc(OC)c2OC)cc(OC)c1OC. The lowest BCUT2D eigenvalue weighted by Gasteiger charge is -2.29. The van der Waals surface area contributed by atoms with E-state index in [-0.39, 0.29) is 5.75 Å². The zero-order valence-corrected chi connectivity index (χ0v) is 24.2. The number of hydrazine groups is 1. The predicted octanol–water partition coefficient (Wildman–Crippen LogP) is 5.89. The molecule has 41 heavy (non-hydrogen) atoms. The summed E-state index contributed by atoms with van der Waals surface area (Å²) in [6, 6.07) is 20.3. The highest BCUT2D eigenvalue weighted by molar-refractivity contribution is 7.80. The third kappa shape index (κ3) is 5.09. The average Bonchev–Trinajstić information content (AvgIpc) is 3.45. The smallest absolute Gasteiger partial charge is 0.203 e. The minimum atomic E-state index is -0.428. The fraction of sp³-hybridized carbons (Fsp3) is 0.194. The quantitative estimate of drug-likeness (QED) is 0.222. The maximum atomic E-state index is 11.2. The van der Waals surface area contributed by atoms with Crippen LogP contribution in [0.2, 0.25) is 0 Å². The number of benzene rings is 4. The molecule has 1 aliphatic rings. The van der Waals surface area contributed by atoms with Crippen LogP contribution in [0.15, 0.2) is 72.8 Å². The minimum Gasteiger partial charge on any atom is -0.507 e. The van der Waals surface area contributed by atoms with Crippen molar-refractivity contribution in [3.8, 4) is 34.5 Å². The number of aromatic hydroxyl groups is 1. The van der Waals surface area contributed by atoms with Gasteiger partial charge >= 0.3 is 0 Å². The molecule has 212 valence electrons. The van der Waals surface area contributed by atoms with Crippen LogP contribution in [0.1, 0.15) is 17.2 Å². The van der Waals surface area contributed by atoms with Crippen molar-refractivity contribution >= 4 is 39.5 Å². The summed E-state index contributed by atoms with van der Waals surface area (Å²) in [5.41, 5.74) is 6.15. The second kappa shape index (κ2) is 11.7. The molecule has 1 aliphatic heterocycles. The zero-order chi connectivity index (χ0) is 29.1. The Hall–Kier alpha value is -4.83. The van der Waals surface area contributed by atoms with E-state index in [0.29, 0.717) is 50.8 Å². The van der Waals surface area contributed by atoms with Gasteiger partial charge in [0.1, 0.15) is 11.8 Å². The molecule has 0 spiro atoms. The van der Waals surface area contributed by atoms with E-state index in [4.69, 9.17) is 35.9 Å². The number of ether oxygens (including phenoxy) is 5. The second-order valence-electron chi connectivity index (χ2n) is 9.12.